The third-order valence-electron chi connectivity index (χ3n) is 3.18. The average Bonchev–Trinajstić information content (AvgIpc) is 2.98. The molecule has 0 aromatic heterocycles. The van der Waals surface area contributed by atoms with Crippen molar-refractivity contribution in [3.63, 3.8) is 0 Å². The van der Waals surface area contributed by atoms with Crippen LogP contribution < -0.4 is 4.90 Å². The Hall–Kier alpha value is -1.02. The van der Waals surface area contributed by atoms with Crippen LogP contribution in [-0.2, 0) is 11.2 Å². The molecule has 1 aromatic carbocycles. The lowest BCUT2D eigenvalue weighted by Crippen LogP contribution is -2.18. The Labute approximate surface area is 84.5 Å². The molecule has 2 heteroatoms. The second-order valence-electron chi connectivity index (χ2n) is 4.04. The molecule has 0 radical (unpaired) electrons. The SMILES string of the molecule is CCN1CCc2cc(C3CO3)ccc21. The summed E-state index contributed by atoms with van der Waals surface area (Å²) in [5.74, 6) is 0. The first-order valence-corrected chi connectivity index (χ1v) is 5.38. The van der Waals surface area contributed by atoms with Crippen molar-refractivity contribution < 1.29 is 4.74 Å². The number of hydrogen-bond donors (Lipinski definition) is 0. The van der Waals surface area contributed by atoms with Gasteiger partial charge in [0.25, 0.3) is 0 Å². The molecule has 1 atom stereocenters. The van der Waals surface area contributed by atoms with Gasteiger partial charge >= 0.3 is 0 Å². The maximum absolute atomic E-state index is 5.29. The molecule has 2 aliphatic rings. The molecule has 3 rings (SSSR count). The summed E-state index contributed by atoms with van der Waals surface area (Å²) >= 11 is 0. The van der Waals surface area contributed by atoms with Crippen LogP contribution in [-0.4, -0.2) is 19.7 Å². The van der Waals surface area contributed by atoms with Gasteiger partial charge in [-0.3, -0.25) is 0 Å². The average molecular weight is 189 g/mol. The molecule has 2 nitrogen and oxygen atoms in total. The van der Waals surface area contributed by atoms with Crippen molar-refractivity contribution in [2.45, 2.75) is 19.4 Å². The standard InChI is InChI=1S/C12H15NO/c1-2-13-6-5-9-7-10(12-8-14-12)3-4-11(9)13/h3-4,7,12H,2,5-6,8H2,1H3. The number of nitrogens with zero attached hydrogens (tertiary/aromatic N) is 1. The highest BCUT2D eigenvalue weighted by atomic mass is 16.6. The van der Waals surface area contributed by atoms with Gasteiger partial charge in [-0.15, -0.1) is 0 Å². The largest absolute Gasteiger partial charge is 0.371 e. The van der Waals surface area contributed by atoms with E-state index in [1.54, 1.807) is 0 Å². The van der Waals surface area contributed by atoms with Gasteiger partial charge in [0.2, 0.25) is 0 Å². The van der Waals surface area contributed by atoms with Crippen molar-refractivity contribution in [3.8, 4) is 0 Å². The van der Waals surface area contributed by atoms with Crippen LogP contribution in [0.4, 0.5) is 5.69 Å². The summed E-state index contributed by atoms with van der Waals surface area (Å²) in [6.45, 7) is 5.43. The molecular weight excluding hydrogens is 174 g/mol. The zero-order chi connectivity index (χ0) is 9.54. The van der Waals surface area contributed by atoms with E-state index in [2.05, 4.69) is 30.0 Å². The van der Waals surface area contributed by atoms with Crippen molar-refractivity contribution in [3.05, 3.63) is 29.3 Å². The highest BCUT2D eigenvalue weighted by Gasteiger charge is 2.26. The van der Waals surface area contributed by atoms with Crippen molar-refractivity contribution in [1.29, 1.82) is 0 Å². The van der Waals surface area contributed by atoms with Gasteiger partial charge < -0.3 is 9.64 Å². The predicted molar refractivity (Wildman–Crippen MR) is 56.7 cm³/mol. The van der Waals surface area contributed by atoms with Crippen LogP contribution in [0.1, 0.15) is 24.2 Å². The third-order valence-corrected chi connectivity index (χ3v) is 3.18. The van der Waals surface area contributed by atoms with Crippen molar-refractivity contribution in [2.75, 3.05) is 24.6 Å². The minimum absolute atomic E-state index is 0.399. The van der Waals surface area contributed by atoms with Gasteiger partial charge in [-0.2, -0.15) is 0 Å². The molecule has 1 unspecified atom stereocenters. The number of anilines is 1. The number of fused-ring (bicyclic) bond motifs is 1. The zero-order valence-electron chi connectivity index (χ0n) is 8.49. The van der Waals surface area contributed by atoms with E-state index < -0.39 is 0 Å². The van der Waals surface area contributed by atoms with Gasteiger partial charge in [0.15, 0.2) is 0 Å². The topological polar surface area (TPSA) is 15.8 Å². The highest BCUT2D eigenvalue weighted by Crippen LogP contribution is 2.35. The smallest absolute Gasteiger partial charge is 0.106 e. The molecule has 0 spiro atoms. The highest BCUT2D eigenvalue weighted by molar-refractivity contribution is 5.59. The Morgan fingerprint density at radius 1 is 1.50 bits per heavy atom. The Kier molecular flexibility index (Phi) is 1.77. The maximum Gasteiger partial charge on any atom is 0.106 e. The molecule has 2 heterocycles. The monoisotopic (exact) mass is 189 g/mol. The lowest BCUT2D eigenvalue weighted by Gasteiger charge is -2.16. The van der Waals surface area contributed by atoms with E-state index >= 15 is 0 Å². The molecule has 74 valence electrons. The van der Waals surface area contributed by atoms with Crippen LogP contribution in [0.5, 0.6) is 0 Å². The van der Waals surface area contributed by atoms with Crippen LogP contribution >= 0.6 is 0 Å². The van der Waals surface area contributed by atoms with Gasteiger partial charge in [0, 0.05) is 18.8 Å². The van der Waals surface area contributed by atoms with Crippen LogP contribution in [0.25, 0.3) is 0 Å². The summed E-state index contributed by atoms with van der Waals surface area (Å²) in [4.78, 5) is 2.44. The van der Waals surface area contributed by atoms with Gasteiger partial charge in [-0.25, -0.2) is 0 Å². The summed E-state index contributed by atoms with van der Waals surface area (Å²) in [5.41, 5.74) is 4.29. The summed E-state index contributed by atoms with van der Waals surface area (Å²) in [7, 11) is 0. The predicted octanol–water partition coefficient (Wildman–Crippen LogP) is 2.14. The van der Waals surface area contributed by atoms with E-state index in [9.17, 15) is 0 Å². The van der Waals surface area contributed by atoms with E-state index in [4.69, 9.17) is 4.74 Å². The van der Waals surface area contributed by atoms with Gasteiger partial charge in [0.05, 0.1) is 6.61 Å². The molecular formula is C12H15NO. The molecule has 1 aromatic rings. The number of benzene rings is 1. The fourth-order valence-corrected chi connectivity index (χ4v) is 2.26. The molecule has 1 fully saturated rings. The second-order valence-corrected chi connectivity index (χ2v) is 4.04. The fraction of sp³-hybridized carbons (Fsp3) is 0.500. The minimum Gasteiger partial charge on any atom is -0.371 e. The lowest BCUT2D eigenvalue weighted by atomic mass is 10.1. The Bertz CT molecular complexity index is 357. The van der Waals surface area contributed by atoms with Gasteiger partial charge in [-0.1, -0.05) is 12.1 Å². The number of hydrogen-bond acceptors (Lipinski definition) is 2. The van der Waals surface area contributed by atoms with E-state index in [0.717, 1.165) is 13.2 Å². The lowest BCUT2D eigenvalue weighted by molar-refractivity contribution is 0.415. The number of rotatable bonds is 2. The number of ether oxygens (including phenoxy) is 1. The summed E-state index contributed by atoms with van der Waals surface area (Å²) in [6.07, 6.45) is 1.60. The van der Waals surface area contributed by atoms with Gasteiger partial charge in [-0.05, 0) is 30.5 Å². The molecule has 2 aliphatic heterocycles. The van der Waals surface area contributed by atoms with E-state index in [1.165, 1.54) is 29.8 Å². The van der Waals surface area contributed by atoms with Crippen molar-refractivity contribution in [2.24, 2.45) is 0 Å². The summed E-state index contributed by atoms with van der Waals surface area (Å²) in [5, 5.41) is 0. The van der Waals surface area contributed by atoms with Crippen molar-refractivity contribution in [1.82, 2.24) is 0 Å². The fourth-order valence-electron chi connectivity index (χ4n) is 2.26. The summed E-state index contributed by atoms with van der Waals surface area (Å²) in [6, 6.07) is 6.79. The Morgan fingerprint density at radius 3 is 3.07 bits per heavy atom. The quantitative estimate of drug-likeness (QED) is 0.662. The summed E-state index contributed by atoms with van der Waals surface area (Å²) < 4.78 is 5.29. The van der Waals surface area contributed by atoms with Crippen LogP contribution in [0.2, 0.25) is 0 Å². The first-order valence-electron chi connectivity index (χ1n) is 5.38. The molecule has 1 saturated heterocycles. The van der Waals surface area contributed by atoms with E-state index in [1.807, 2.05) is 0 Å². The van der Waals surface area contributed by atoms with Crippen molar-refractivity contribution >= 4 is 5.69 Å². The minimum atomic E-state index is 0.399. The number of epoxide rings is 1. The van der Waals surface area contributed by atoms with E-state index in [-0.39, 0.29) is 0 Å². The first-order chi connectivity index (χ1) is 6.88. The molecule has 14 heavy (non-hydrogen) atoms. The van der Waals surface area contributed by atoms with E-state index in [0.29, 0.717) is 6.10 Å². The molecule has 0 amide bonds. The second kappa shape index (κ2) is 2.99. The molecule has 0 saturated carbocycles. The van der Waals surface area contributed by atoms with Crippen LogP contribution in [0, 0.1) is 0 Å². The first kappa shape index (κ1) is 8.30. The molecule has 0 N–H and O–H groups in total. The third kappa shape index (κ3) is 1.22. The Balaban J connectivity index is 1.96. The Morgan fingerprint density at radius 2 is 2.36 bits per heavy atom. The molecule has 0 bridgehead atoms. The number of likely N-dealkylation sites (N-methyl/N-ethyl adjacent to an activating group) is 1. The zero-order valence-corrected chi connectivity index (χ0v) is 8.49. The van der Waals surface area contributed by atoms with Crippen LogP contribution in [0.15, 0.2) is 18.2 Å². The normalized spacial score (nSPS) is 23.8. The molecule has 0 aliphatic carbocycles. The van der Waals surface area contributed by atoms with Gasteiger partial charge in [0.1, 0.15) is 6.10 Å². The van der Waals surface area contributed by atoms with Crippen LogP contribution in [0.3, 0.4) is 0 Å². The maximum atomic E-state index is 5.29.